The molecule has 0 aromatic carbocycles. The van der Waals surface area contributed by atoms with Crippen molar-refractivity contribution in [2.75, 3.05) is 0 Å². The van der Waals surface area contributed by atoms with Crippen molar-refractivity contribution < 1.29 is 5.11 Å². The van der Waals surface area contributed by atoms with Crippen LogP contribution >= 0.6 is 0 Å². The van der Waals surface area contributed by atoms with Crippen LogP contribution in [0.2, 0.25) is 0 Å². The van der Waals surface area contributed by atoms with Crippen LogP contribution in [0.3, 0.4) is 0 Å². The van der Waals surface area contributed by atoms with E-state index in [1.54, 1.807) is 0 Å². The number of hydrogen-bond donors (Lipinski definition) is 1. The minimum Gasteiger partial charge on any atom is -0.390 e. The third kappa shape index (κ3) is 3.50. The molecule has 2 aliphatic carbocycles. The molecule has 2 fully saturated rings. The van der Waals surface area contributed by atoms with Crippen molar-refractivity contribution in [3.05, 3.63) is 0 Å². The highest BCUT2D eigenvalue weighted by atomic mass is 16.3. The van der Waals surface area contributed by atoms with E-state index in [0.29, 0.717) is 5.92 Å². The molecule has 0 aliphatic heterocycles. The monoisotopic (exact) mass is 252 g/mol. The van der Waals surface area contributed by atoms with Crippen LogP contribution < -0.4 is 0 Å². The lowest BCUT2D eigenvalue weighted by molar-refractivity contribution is -0.0811. The van der Waals surface area contributed by atoms with Gasteiger partial charge >= 0.3 is 0 Å². The van der Waals surface area contributed by atoms with Crippen molar-refractivity contribution >= 4 is 0 Å². The molecule has 2 rings (SSSR count). The van der Waals surface area contributed by atoms with Crippen molar-refractivity contribution in [2.45, 2.75) is 84.2 Å². The summed E-state index contributed by atoms with van der Waals surface area (Å²) in [4.78, 5) is 0. The lowest BCUT2D eigenvalue weighted by atomic mass is 9.65. The molecule has 18 heavy (non-hydrogen) atoms. The topological polar surface area (TPSA) is 20.2 Å². The maximum Gasteiger partial charge on any atom is 0.0678 e. The zero-order valence-electron chi connectivity index (χ0n) is 12.6. The van der Waals surface area contributed by atoms with Crippen LogP contribution in [0.5, 0.6) is 0 Å². The van der Waals surface area contributed by atoms with E-state index in [2.05, 4.69) is 20.8 Å². The van der Waals surface area contributed by atoms with Crippen LogP contribution in [0.1, 0.15) is 78.6 Å². The van der Waals surface area contributed by atoms with E-state index in [1.807, 2.05) is 0 Å². The molecule has 0 bridgehead atoms. The molecule has 2 saturated carbocycles. The molecule has 0 heterocycles. The van der Waals surface area contributed by atoms with E-state index >= 15 is 0 Å². The van der Waals surface area contributed by atoms with E-state index in [4.69, 9.17) is 0 Å². The lowest BCUT2D eigenvalue weighted by Crippen LogP contribution is -2.44. The summed E-state index contributed by atoms with van der Waals surface area (Å²) in [5, 5.41) is 11.1. The normalized spacial score (nSPS) is 42.2. The highest BCUT2D eigenvalue weighted by molar-refractivity contribution is 4.93. The third-order valence-corrected chi connectivity index (χ3v) is 5.44. The maximum absolute atomic E-state index is 11.1. The van der Waals surface area contributed by atoms with E-state index in [1.165, 1.54) is 44.9 Å². The Kier molecular flexibility index (Phi) is 4.75. The number of aliphatic hydroxyl groups is 1. The van der Waals surface area contributed by atoms with Crippen LogP contribution in [-0.2, 0) is 0 Å². The first-order valence-corrected chi connectivity index (χ1v) is 8.22. The third-order valence-electron chi connectivity index (χ3n) is 5.44. The van der Waals surface area contributed by atoms with Gasteiger partial charge in [-0.25, -0.2) is 0 Å². The van der Waals surface area contributed by atoms with Gasteiger partial charge in [0.1, 0.15) is 0 Å². The molecule has 2 atom stereocenters. The van der Waals surface area contributed by atoms with Gasteiger partial charge in [-0.3, -0.25) is 0 Å². The van der Waals surface area contributed by atoms with Crippen LogP contribution in [0.25, 0.3) is 0 Å². The Morgan fingerprint density at radius 3 is 2.39 bits per heavy atom. The van der Waals surface area contributed by atoms with Crippen molar-refractivity contribution in [3.63, 3.8) is 0 Å². The lowest BCUT2D eigenvalue weighted by Gasteiger charge is -2.45. The summed E-state index contributed by atoms with van der Waals surface area (Å²) < 4.78 is 0. The van der Waals surface area contributed by atoms with Gasteiger partial charge in [0.25, 0.3) is 0 Å². The average Bonchev–Trinajstić information content (AvgIpc) is 2.28. The van der Waals surface area contributed by atoms with Gasteiger partial charge in [-0.1, -0.05) is 46.5 Å². The molecule has 106 valence electrons. The highest BCUT2D eigenvalue weighted by Gasteiger charge is 2.41. The second-order valence-corrected chi connectivity index (χ2v) is 7.65. The Morgan fingerprint density at radius 2 is 1.78 bits per heavy atom. The zero-order valence-corrected chi connectivity index (χ0v) is 12.6. The summed E-state index contributed by atoms with van der Waals surface area (Å²) >= 11 is 0. The minimum absolute atomic E-state index is 0.308. The summed E-state index contributed by atoms with van der Waals surface area (Å²) in [5.74, 6) is 3.05. The summed E-state index contributed by atoms with van der Waals surface area (Å²) in [7, 11) is 0. The molecule has 0 saturated heterocycles. The molecule has 0 spiro atoms. The van der Waals surface area contributed by atoms with Gasteiger partial charge in [0.15, 0.2) is 0 Å². The van der Waals surface area contributed by atoms with E-state index in [0.717, 1.165) is 30.6 Å². The highest BCUT2D eigenvalue weighted by Crippen LogP contribution is 2.45. The molecule has 2 aliphatic rings. The summed E-state index contributed by atoms with van der Waals surface area (Å²) in [6, 6.07) is 0. The number of rotatable bonds is 3. The second kappa shape index (κ2) is 5.94. The molecule has 0 aromatic rings. The van der Waals surface area contributed by atoms with E-state index < -0.39 is 0 Å². The van der Waals surface area contributed by atoms with Gasteiger partial charge < -0.3 is 5.11 Å². The van der Waals surface area contributed by atoms with Crippen molar-refractivity contribution in [2.24, 2.45) is 23.7 Å². The summed E-state index contributed by atoms with van der Waals surface area (Å²) in [6.45, 7) is 6.99. The molecule has 1 nitrogen and oxygen atoms in total. The fraction of sp³-hybridized carbons (Fsp3) is 1.00. The first-order chi connectivity index (χ1) is 8.49. The second-order valence-electron chi connectivity index (χ2n) is 7.65. The quantitative estimate of drug-likeness (QED) is 0.766. The van der Waals surface area contributed by atoms with Crippen molar-refractivity contribution in [1.29, 1.82) is 0 Å². The Balaban J connectivity index is 1.92. The Hall–Kier alpha value is -0.0400. The average molecular weight is 252 g/mol. The molecule has 0 aromatic heterocycles. The Morgan fingerprint density at radius 1 is 1.11 bits per heavy atom. The molecular formula is C17H32O. The van der Waals surface area contributed by atoms with Gasteiger partial charge in [0, 0.05) is 0 Å². The largest absolute Gasteiger partial charge is 0.390 e. The molecule has 0 amide bonds. The Bertz CT molecular complexity index is 252. The number of hydrogen-bond acceptors (Lipinski definition) is 1. The van der Waals surface area contributed by atoms with Crippen LogP contribution in [0.4, 0.5) is 0 Å². The zero-order chi connectivity index (χ0) is 13.2. The van der Waals surface area contributed by atoms with Gasteiger partial charge in [-0.2, -0.15) is 0 Å². The molecule has 1 heteroatoms. The SMILES string of the molecule is CC(C)CC1CCCC(O)(C2CCC(C)CC2)C1. The predicted molar refractivity (Wildman–Crippen MR) is 77.5 cm³/mol. The van der Waals surface area contributed by atoms with Gasteiger partial charge in [-0.15, -0.1) is 0 Å². The fourth-order valence-electron chi connectivity index (χ4n) is 4.44. The van der Waals surface area contributed by atoms with Crippen LogP contribution in [0, 0.1) is 23.7 Å². The minimum atomic E-state index is -0.308. The molecule has 1 N–H and O–H groups in total. The van der Waals surface area contributed by atoms with Crippen LogP contribution in [0.15, 0.2) is 0 Å². The van der Waals surface area contributed by atoms with E-state index in [-0.39, 0.29) is 5.60 Å². The fourth-order valence-corrected chi connectivity index (χ4v) is 4.44. The molecule has 2 unspecified atom stereocenters. The molecule has 0 radical (unpaired) electrons. The molecular weight excluding hydrogens is 220 g/mol. The van der Waals surface area contributed by atoms with Crippen LogP contribution in [-0.4, -0.2) is 10.7 Å². The van der Waals surface area contributed by atoms with Gasteiger partial charge in [0.05, 0.1) is 5.60 Å². The standard InChI is InChI=1S/C17H32O/c1-13(2)11-15-5-4-10-17(18,12-15)16-8-6-14(3)7-9-16/h13-16,18H,4-12H2,1-3H3. The Labute approximate surface area is 113 Å². The van der Waals surface area contributed by atoms with E-state index in [9.17, 15) is 5.11 Å². The first-order valence-electron chi connectivity index (χ1n) is 8.22. The first kappa shape index (κ1) is 14.4. The van der Waals surface area contributed by atoms with Crippen molar-refractivity contribution in [3.8, 4) is 0 Å². The maximum atomic E-state index is 11.1. The predicted octanol–water partition coefficient (Wildman–Crippen LogP) is 4.78. The smallest absolute Gasteiger partial charge is 0.0678 e. The van der Waals surface area contributed by atoms with Gasteiger partial charge in [0.2, 0.25) is 0 Å². The van der Waals surface area contributed by atoms with Gasteiger partial charge in [-0.05, 0) is 55.8 Å². The van der Waals surface area contributed by atoms with Crippen molar-refractivity contribution in [1.82, 2.24) is 0 Å². The summed E-state index contributed by atoms with van der Waals surface area (Å²) in [5.41, 5.74) is -0.308. The summed E-state index contributed by atoms with van der Waals surface area (Å²) in [6.07, 6.45) is 11.3.